The number of imidazole rings is 1. The molecule has 1 aliphatic heterocycles. The van der Waals surface area contributed by atoms with Crippen LogP contribution in [-0.4, -0.2) is 47.8 Å². The highest BCUT2D eigenvalue weighted by molar-refractivity contribution is 5.74. The van der Waals surface area contributed by atoms with E-state index in [4.69, 9.17) is 10.1 Å². The molecule has 3 aromatic heterocycles. The molecule has 7 nitrogen and oxygen atoms in total. The Bertz CT molecular complexity index is 1110. The van der Waals surface area contributed by atoms with Gasteiger partial charge in [-0.3, -0.25) is 4.90 Å². The molecule has 4 aromatic rings. The Kier molecular flexibility index (Phi) is 4.35. The van der Waals surface area contributed by atoms with Gasteiger partial charge >= 0.3 is 0 Å². The van der Waals surface area contributed by atoms with Crippen molar-refractivity contribution in [2.24, 2.45) is 0 Å². The van der Waals surface area contributed by atoms with Gasteiger partial charge in [-0.1, -0.05) is 32.9 Å². The minimum atomic E-state index is 0.00563. The average molecular weight is 390 g/mol. The van der Waals surface area contributed by atoms with Crippen molar-refractivity contribution in [2.75, 3.05) is 13.1 Å². The van der Waals surface area contributed by atoms with Crippen molar-refractivity contribution in [3.05, 3.63) is 53.7 Å². The molecule has 0 saturated carbocycles. The molecule has 4 heterocycles. The van der Waals surface area contributed by atoms with Crippen molar-refractivity contribution in [2.45, 2.75) is 51.5 Å². The van der Waals surface area contributed by atoms with Crippen LogP contribution in [0.5, 0.6) is 0 Å². The summed E-state index contributed by atoms with van der Waals surface area (Å²) in [4.78, 5) is 10.6. The normalized spacial score (nSPS) is 16.8. The summed E-state index contributed by atoms with van der Waals surface area (Å²) in [6.07, 6.45) is 2.12. The third kappa shape index (κ3) is 3.51. The number of H-pyrrole nitrogens is 1. The molecule has 0 unspecified atom stereocenters. The predicted molar refractivity (Wildman–Crippen MR) is 113 cm³/mol. The second-order valence-corrected chi connectivity index (χ2v) is 9.05. The number of rotatable bonds is 3. The summed E-state index contributed by atoms with van der Waals surface area (Å²) in [6.45, 7) is 9.45. The van der Waals surface area contributed by atoms with E-state index in [1.54, 1.807) is 0 Å². The Balaban J connectivity index is 1.30. The van der Waals surface area contributed by atoms with Crippen molar-refractivity contribution in [3.8, 4) is 0 Å². The predicted octanol–water partition coefficient (Wildman–Crippen LogP) is 3.68. The van der Waals surface area contributed by atoms with Crippen LogP contribution in [0.2, 0.25) is 0 Å². The molecule has 0 aliphatic carbocycles. The maximum Gasteiger partial charge on any atom is 0.177 e. The Labute approximate surface area is 170 Å². The number of aromatic nitrogens is 6. The Hall–Kier alpha value is -2.80. The van der Waals surface area contributed by atoms with Gasteiger partial charge in [0.05, 0.1) is 23.3 Å². The lowest BCUT2D eigenvalue weighted by molar-refractivity contribution is 0.197. The van der Waals surface area contributed by atoms with Gasteiger partial charge in [-0.15, -0.1) is 10.2 Å². The number of likely N-dealkylation sites (tertiary alicyclic amines) is 1. The van der Waals surface area contributed by atoms with Crippen LogP contribution in [0, 0.1) is 0 Å². The number of hydrogen-bond acceptors (Lipinski definition) is 5. The van der Waals surface area contributed by atoms with E-state index in [1.807, 2.05) is 22.7 Å². The van der Waals surface area contributed by atoms with Gasteiger partial charge < -0.3 is 4.98 Å². The van der Waals surface area contributed by atoms with Gasteiger partial charge in [0.25, 0.3) is 0 Å². The standard InChI is InChI=1S/C22H27N7/c1-22(2,3)18-8-9-20-25-26-21(29(20)27-18)15-10-12-28(13-11-15)14-19-23-16-6-4-5-7-17(16)24-19/h4-9,15H,10-14H2,1-3H3,(H,23,24). The number of nitrogens with one attached hydrogen (secondary N) is 1. The van der Waals surface area contributed by atoms with Crippen LogP contribution in [-0.2, 0) is 12.0 Å². The van der Waals surface area contributed by atoms with Crippen molar-refractivity contribution >= 4 is 16.7 Å². The summed E-state index contributed by atoms with van der Waals surface area (Å²) >= 11 is 0. The molecule has 1 N–H and O–H groups in total. The highest BCUT2D eigenvalue weighted by atomic mass is 15.4. The summed E-state index contributed by atoms with van der Waals surface area (Å²) in [7, 11) is 0. The summed E-state index contributed by atoms with van der Waals surface area (Å²) < 4.78 is 1.96. The van der Waals surface area contributed by atoms with E-state index in [-0.39, 0.29) is 5.41 Å². The molecule has 0 atom stereocenters. The topological polar surface area (TPSA) is 75.0 Å². The molecular weight excluding hydrogens is 362 g/mol. The molecular formula is C22H27N7. The number of hydrogen-bond donors (Lipinski definition) is 1. The van der Waals surface area contributed by atoms with E-state index in [0.717, 1.165) is 66.5 Å². The van der Waals surface area contributed by atoms with E-state index in [2.05, 4.69) is 59.1 Å². The van der Waals surface area contributed by atoms with E-state index in [0.29, 0.717) is 5.92 Å². The third-order valence-corrected chi connectivity index (χ3v) is 5.82. The van der Waals surface area contributed by atoms with Crippen LogP contribution >= 0.6 is 0 Å². The van der Waals surface area contributed by atoms with Gasteiger partial charge in [0, 0.05) is 11.3 Å². The Morgan fingerprint density at radius 3 is 2.59 bits per heavy atom. The second-order valence-electron chi connectivity index (χ2n) is 9.05. The third-order valence-electron chi connectivity index (χ3n) is 5.82. The molecule has 5 rings (SSSR count). The quantitative estimate of drug-likeness (QED) is 0.578. The number of aromatic amines is 1. The Morgan fingerprint density at radius 1 is 1.03 bits per heavy atom. The van der Waals surface area contributed by atoms with Gasteiger partial charge in [-0.2, -0.15) is 9.61 Å². The van der Waals surface area contributed by atoms with Crippen LogP contribution in [0.1, 0.15) is 56.9 Å². The summed E-state index contributed by atoms with van der Waals surface area (Å²) in [6, 6.07) is 12.3. The summed E-state index contributed by atoms with van der Waals surface area (Å²) in [5.74, 6) is 2.42. The maximum atomic E-state index is 4.86. The second kappa shape index (κ2) is 6.91. The summed E-state index contributed by atoms with van der Waals surface area (Å²) in [5.41, 5.74) is 4.04. The van der Waals surface area contributed by atoms with E-state index in [1.165, 1.54) is 0 Å². The van der Waals surface area contributed by atoms with Crippen molar-refractivity contribution < 1.29 is 0 Å². The molecule has 1 aliphatic rings. The zero-order valence-electron chi connectivity index (χ0n) is 17.3. The van der Waals surface area contributed by atoms with Crippen molar-refractivity contribution in [1.29, 1.82) is 0 Å². The van der Waals surface area contributed by atoms with Crippen molar-refractivity contribution in [3.63, 3.8) is 0 Å². The molecule has 29 heavy (non-hydrogen) atoms. The monoisotopic (exact) mass is 389 g/mol. The SMILES string of the molecule is CC(C)(C)c1ccc2nnc(C3CCN(Cc4nc5ccccc5[nH]4)CC3)n2n1. The summed E-state index contributed by atoms with van der Waals surface area (Å²) in [5, 5.41) is 13.7. The van der Waals surface area contributed by atoms with Gasteiger partial charge in [0.1, 0.15) is 5.82 Å². The molecule has 0 radical (unpaired) electrons. The number of fused-ring (bicyclic) bond motifs is 2. The highest BCUT2D eigenvalue weighted by Crippen LogP contribution is 2.28. The molecule has 0 amide bonds. The molecule has 7 heteroatoms. The fourth-order valence-corrected chi connectivity index (χ4v) is 4.10. The molecule has 1 fully saturated rings. The first-order valence-electron chi connectivity index (χ1n) is 10.4. The highest BCUT2D eigenvalue weighted by Gasteiger charge is 2.26. The van der Waals surface area contributed by atoms with Crippen LogP contribution in [0.25, 0.3) is 16.7 Å². The number of benzene rings is 1. The van der Waals surface area contributed by atoms with Gasteiger partial charge in [0.2, 0.25) is 0 Å². The van der Waals surface area contributed by atoms with Gasteiger partial charge in [0.15, 0.2) is 11.5 Å². The zero-order chi connectivity index (χ0) is 20.0. The zero-order valence-corrected chi connectivity index (χ0v) is 17.3. The van der Waals surface area contributed by atoms with Gasteiger partial charge in [-0.25, -0.2) is 4.98 Å². The number of para-hydroxylation sites is 2. The lowest BCUT2D eigenvalue weighted by Crippen LogP contribution is -2.33. The van der Waals surface area contributed by atoms with Crippen molar-refractivity contribution in [1.82, 2.24) is 34.7 Å². The minimum absolute atomic E-state index is 0.00563. The average Bonchev–Trinajstić information content (AvgIpc) is 3.31. The fraction of sp³-hybridized carbons (Fsp3) is 0.455. The van der Waals surface area contributed by atoms with E-state index >= 15 is 0 Å². The van der Waals surface area contributed by atoms with Crippen LogP contribution < -0.4 is 0 Å². The fourth-order valence-electron chi connectivity index (χ4n) is 4.10. The molecule has 1 saturated heterocycles. The first-order valence-corrected chi connectivity index (χ1v) is 10.4. The number of piperidine rings is 1. The molecule has 150 valence electrons. The van der Waals surface area contributed by atoms with Gasteiger partial charge in [-0.05, 0) is 50.2 Å². The molecule has 0 bridgehead atoms. The van der Waals surface area contributed by atoms with E-state index in [9.17, 15) is 0 Å². The first-order chi connectivity index (χ1) is 14.0. The lowest BCUT2D eigenvalue weighted by atomic mass is 9.92. The van der Waals surface area contributed by atoms with Crippen LogP contribution in [0.4, 0.5) is 0 Å². The first kappa shape index (κ1) is 18.2. The molecule has 1 aromatic carbocycles. The van der Waals surface area contributed by atoms with E-state index < -0.39 is 0 Å². The van der Waals surface area contributed by atoms with Crippen LogP contribution in [0.15, 0.2) is 36.4 Å². The smallest absolute Gasteiger partial charge is 0.177 e. The number of nitrogens with zero attached hydrogens (tertiary/aromatic N) is 6. The minimum Gasteiger partial charge on any atom is -0.341 e. The van der Waals surface area contributed by atoms with Crippen LogP contribution in [0.3, 0.4) is 0 Å². The molecule has 0 spiro atoms. The maximum absolute atomic E-state index is 4.86. The largest absolute Gasteiger partial charge is 0.341 e. The Morgan fingerprint density at radius 2 is 1.83 bits per heavy atom. The lowest BCUT2D eigenvalue weighted by Gasteiger charge is -2.30.